The second kappa shape index (κ2) is 16.9. The lowest BCUT2D eigenvalue weighted by atomic mass is 9.81. The summed E-state index contributed by atoms with van der Waals surface area (Å²) in [6, 6.07) is 23.7. The number of nitrogens with two attached hydrogens (primary N) is 3. The fourth-order valence-electron chi connectivity index (χ4n) is 5.85. The molecule has 0 bridgehead atoms. The molecule has 0 fully saturated rings. The lowest BCUT2D eigenvalue weighted by Gasteiger charge is -2.24. The summed E-state index contributed by atoms with van der Waals surface area (Å²) in [6.45, 7) is 4.55. The quantitative estimate of drug-likeness (QED) is 0.114. The Morgan fingerprint density at radius 3 is 1.38 bits per heavy atom. The molecular formula is C36H53N3. The third-order valence-electron chi connectivity index (χ3n) is 8.26. The maximum Gasteiger partial charge on any atom is 0.0353 e. The minimum Gasteiger partial charge on any atom is -0.399 e. The number of benzene rings is 3. The highest BCUT2D eigenvalue weighted by atomic mass is 14.6. The molecule has 0 saturated heterocycles. The highest BCUT2D eigenvalue weighted by Gasteiger charge is 2.21. The molecule has 2 unspecified atom stereocenters. The van der Waals surface area contributed by atoms with Crippen molar-refractivity contribution in [2.75, 3.05) is 17.2 Å². The van der Waals surface area contributed by atoms with Gasteiger partial charge in [-0.25, -0.2) is 0 Å². The van der Waals surface area contributed by atoms with E-state index < -0.39 is 0 Å². The average molecular weight is 528 g/mol. The molecule has 0 aliphatic carbocycles. The summed E-state index contributed by atoms with van der Waals surface area (Å²) in [6.07, 6.45) is 17.8. The Morgan fingerprint density at radius 2 is 0.872 bits per heavy atom. The molecule has 0 saturated carbocycles. The molecule has 39 heavy (non-hydrogen) atoms. The number of unbranched alkanes of at least 4 members (excludes halogenated alkanes) is 10. The van der Waals surface area contributed by atoms with E-state index in [0.717, 1.165) is 29.9 Å². The van der Waals surface area contributed by atoms with Gasteiger partial charge in [-0.05, 0) is 65.4 Å². The second-order valence-electron chi connectivity index (χ2n) is 11.4. The molecule has 212 valence electrons. The van der Waals surface area contributed by atoms with Gasteiger partial charge < -0.3 is 17.2 Å². The van der Waals surface area contributed by atoms with Crippen molar-refractivity contribution in [1.29, 1.82) is 0 Å². The van der Waals surface area contributed by atoms with Crippen LogP contribution in [-0.4, -0.2) is 0 Å². The Labute approximate surface area is 238 Å². The molecule has 3 aromatic carbocycles. The Bertz CT molecular complexity index is 1070. The molecule has 2 atom stereocenters. The predicted molar refractivity (Wildman–Crippen MR) is 172 cm³/mol. The maximum absolute atomic E-state index is 6.71. The van der Waals surface area contributed by atoms with Gasteiger partial charge in [0.1, 0.15) is 0 Å². The average Bonchev–Trinajstić information content (AvgIpc) is 2.94. The first-order chi connectivity index (χ1) is 19.0. The zero-order chi connectivity index (χ0) is 27.9. The SMILES string of the molecule is CCCCCCCCC(c1ccc(N)cc1)c1ccc(N)c(C(CCCCCCCC)c2ccc(N)cc2)c1. The first-order valence-electron chi connectivity index (χ1n) is 15.6. The lowest BCUT2D eigenvalue weighted by molar-refractivity contribution is 0.564. The van der Waals surface area contributed by atoms with Crippen LogP contribution >= 0.6 is 0 Å². The van der Waals surface area contributed by atoms with Crippen molar-refractivity contribution < 1.29 is 0 Å². The molecule has 0 spiro atoms. The van der Waals surface area contributed by atoms with Crippen molar-refractivity contribution in [1.82, 2.24) is 0 Å². The monoisotopic (exact) mass is 527 g/mol. The van der Waals surface area contributed by atoms with E-state index in [1.54, 1.807) is 0 Å². The third kappa shape index (κ3) is 9.95. The summed E-state index contributed by atoms with van der Waals surface area (Å²) < 4.78 is 0. The summed E-state index contributed by atoms with van der Waals surface area (Å²) in [5, 5.41) is 0. The number of anilines is 3. The molecule has 6 N–H and O–H groups in total. The normalized spacial score (nSPS) is 12.9. The summed E-state index contributed by atoms with van der Waals surface area (Å²) in [5.41, 5.74) is 26.6. The third-order valence-corrected chi connectivity index (χ3v) is 8.26. The molecule has 0 amide bonds. The molecular weight excluding hydrogens is 474 g/mol. The van der Waals surface area contributed by atoms with Gasteiger partial charge in [-0.1, -0.05) is 127 Å². The first kappa shape index (κ1) is 30.6. The van der Waals surface area contributed by atoms with E-state index in [-0.39, 0.29) is 5.92 Å². The Hall–Kier alpha value is -2.94. The Balaban J connectivity index is 1.87. The lowest BCUT2D eigenvalue weighted by Crippen LogP contribution is -2.09. The van der Waals surface area contributed by atoms with Crippen LogP contribution in [0.5, 0.6) is 0 Å². The largest absolute Gasteiger partial charge is 0.399 e. The number of hydrogen-bond acceptors (Lipinski definition) is 3. The zero-order valence-electron chi connectivity index (χ0n) is 24.6. The van der Waals surface area contributed by atoms with E-state index >= 15 is 0 Å². The van der Waals surface area contributed by atoms with Crippen molar-refractivity contribution in [3.63, 3.8) is 0 Å². The van der Waals surface area contributed by atoms with Crippen molar-refractivity contribution >= 4 is 17.1 Å². The van der Waals surface area contributed by atoms with E-state index in [0.29, 0.717) is 5.92 Å². The molecule has 0 aliphatic heterocycles. The molecule has 3 nitrogen and oxygen atoms in total. The number of nitrogen functional groups attached to an aromatic ring is 3. The van der Waals surface area contributed by atoms with Crippen LogP contribution in [0.25, 0.3) is 0 Å². The molecule has 3 aromatic rings. The van der Waals surface area contributed by atoms with Gasteiger partial charge in [0.05, 0.1) is 0 Å². The molecule has 3 rings (SSSR count). The van der Waals surface area contributed by atoms with Gasteiger partial charge in [0.2, 0.25) is 0 Å². The predicted octanol–water partition coefficient (Wildman–Crippen LogP) is 10.2. The molecule has 3 heteroatoms. The van der Waals surface area contributed by atoms with Crippen LogP contribution in [0, 0.1) is 0 Å². The highest BCUT2D eigenvalue weighted by molar-refractivity contribution is 5.56. The summed E-state index contributed by atoms with van der Waals surface area (Å²) >= 11 is 0. The van der Waals surface area contributed by atoms with Crippen LogP contribution in [0.3, 0.4) is 0 Å². The fraction of sp³-hybridized carbons (Fsp3) is 0.500. The van der Waals surface area contributed by atoms with Gasteiger partial charge in [0.25, 0.3) is 0 Å². The number of hydrogen-bond donors (Lipinski definition) is 3. The second-order valence-corrected chi connectivity index (χ2v) is 11.4. The molecule has 0 aromatic heterocycles. The van der Waals surface area contributed by atoms with Gasteiger partial charge in [0, 0.05) is 28.9 Å². The molecule has 0 aliphatic rings. The molecule has 0 heterocycles. The summed E-state index contributed by atoms with van der Waals surface area (Å²) in [4.78, 5) is 0. The fourth-order valence-corrected chi connectivity index (χ4v) is 5.85. The van der Waals surface area contributed by atoms with Crippen LogP contribution in [-0.2, 0) is 0 Å². The van der Waals surface area contributed by atoms with E-state index in [4.69, 9.17) is 17.2 Å². The van der Waals surface area contributed by atoms with E-state index in [1.807, 2.05) is 24.3 Å². The topological polar surface area (TPSA) is 78.1 Å². The van der Waals surface area contributed by atoms with Gasteiger partial charge in [0.15, 0.2) is 0 Å². The van der Waals surface area contributed by atoms with Crippen LogP contribution in [0.1, 0.15) is 138 Å². The first-order valence-corrected chi connectivity index (χ1v) is 15.6. The van der Waals surface area contributed by atoms with Crippen molar-refractivity contribution in [3.8, 4) is 0 Å². The van der Waals surface area contributed by atoms with E-state index in [2.05, 4.69) is 56.3 Å². The van der Waals surface area contributed by atoms with E-state index in [9.17, 15) is 0 Å². The van der Waals surface area contributed by atoms with Crippen LogP contribution < -0.4 is 17.2 Å². The van der Waals surface area contributed by atoms with E-state index in [1.165, 1.54) is 99.3 Å². The van der Waals surface area contributed by atoms with Crippen LogP contribution in [0.15, 0.2) is 66.7 Å². The Morgan fingerprint density at radius 1 is 0.462 bits per heavy atom. The minimum absolute atomic E-state index is 0.276. The number of rotatable bonds is 18. The smallest absolute Gasteiger partial charge is 0.0353 e. The minimum atomic E-state index is 0.276. The van der Waals surface area contributed by atoms with Gasteiger partial charge in [-0.2, -0.15) is 0 Å². The van der Waals surface area contributed by atoms with Crippen molar-refractivity contribution in [2.45, 2.75) is 116 Å². The highest BCUT2D eigenvalue weighted by Crippen LogP contribution is 2.38. The van der Waals surface area contributed by atoms with Crippen molar-refractivity contribution in [3.05, 3.63) is 89.0 Å². The van der Waals surface area contributed by atoms with Gasteiger partial charge in [-0.15, -0.1) is 0 Å². The van der Waals surface area contributed by atoms with Crippen molar-refractivity contribution in [2.24, 2.45) is 0 Å². The van der Waals surface area contributed by atoms with Gasteiger partial charge >= 0.3 is 0 Å². The summed E-state index contributed by atoms with van der Waals surface area (Å²) in [7, 11) is 0. The zero-order valence-corrected chi connectivity index (χ0v) is 24.6. The van der Waals surface area contributed by atoms with Gasteiger partial charge in [-0.3, -0.25) is 0 Å². The summed E-state index contributed by atoms with van der Waals surface area (Å²) in [5.74, 6) is 0.620. The van der Waals surface area contributed by atoms with Crippen LogP contribution in [0.4, 0.5) is 17.1 Å². The van der Waals surface area contributed by atoms with Crippen LogP contribution in [0.2, 0.25) is 0 Å². The molecule has 0 radical (unpaired) electrons. The Kier molecular flexibility index (Phi) is 13.3. The standard InChI is InChI=1S/C36H53N3/c1-3-5-7-9-11-13-15-33(28-17-22-31(37)23-18-28)30-21-26-36(39)35(27-30)34(16-14-12-10-8-6-4-2)29-19-24-32(38)25-20-29/h17-27,33-34H,3-16,37-39H2,1-2H3. The maximum atomic E-state index is 6.71.